The molecule has 1 saturated heterocycles. The van der Waals surface area contributed by atoms with Gasteiger partial charge in [0.2, 0.25) is 5.95 Å². The van der Waals surface area contributed by atoms with Gasteiger partial charge in [-0.15, -0.1) is 5.10 Å². The van der Waals surface area contributed by atoms with Crippen LogP contribution in [0.15, 0.2) is 42.9 Å². The van der Waals surface area contributed by atoms with Crippen LogP contribution in [0.5, 0.6) is 0 Å². The lowest BCUT2D eigenvalue weighted by Crippen LogP contribution is -2.48. The zero-order valence-corrected chi connectivity index (χ0v) is 20.6. The number of fused-ring (bicyclic) bond motifs is 1. The number of anilines is 3. The molecule has 1 N–H and O–H groups in total. The quantitative estimate of drug-likeness (QED) is 0.391. The number of benzene rings is 1. The highest BCUT2D eigenvalue weighted by Gasteiger charge is 2.28. The van der Waals surface area contributed by atoms with E-state index >= 15 is 0 Å². The molecule has 3 aromatic heterocycles. The number of nitrogens with one attached hydrogen (secondary N) is 1. The molecule has 0 unspecified atom stereocenters. The topological polar surface area (TPSA) is 71.8 Å². The van der Waals surface area contributed by atoms with Crippen LogP contribution in [0.1, 0.15) is 25.3 Å². The van der Waals surface area contributed by atoms with Crippen LogP contribution in [-0.4, -0.2) is 49.8 Å². The van der Waals surface area contributed by atoms with E-state index < -0.39 is 5.95 Å². The van der Waals surface area contributed by atoms with Gasteiger partial charge in [-0.2, -0.15) is 16.2 Å². The van der Waals surface area contributed by atoms with Gasteiger partial charge in [-0.1, -0.05) is 19.9 Å². The number of hydrogen-bond acceptors (Lipinski definition) is 7. The molecule has 1 aliphatic heterocycles. The van der Waals surface area contributed by atoms with E-state index in [9.17, 15) is 4.39 Å². The number of rotatable bonds is 7. The molecule has 0 aliphatic carbocycles. The Morgan fingerprint density at radius 1 is 1.15 bits per heavy atom. The van der Waals surface area contributed by atoms with Crippen molar-refractivity contribution in [2.75, 3.05) is 35.3 Å². The molecule has 0 atom stereocenters. The predicted octanol–water partition coefficient (Wildman–Crippen LogP) is 5.23. The van der Waals surface area contributed by atoms with Crippen molar-refractivity contribution in [3.05, 3.63) is 54.4 Å². The highest BCUT2D eigenvalue weighted by molar-refractivity contribution is 7.98. The molecule has 0 bridgehead atoms. The van der Waals surface area contributed by atoms with E-state index in [0.717, 1.165) is 19.0 Å². The van der Waals surface area contributed by atoms with Crippen molar-refractivity contribution in [1.29, 1.82) is 0 Å². The monoisotopic (exact) mass is 477 g/mol. The lowest BCUT2D eigenvalue weighted by atomic mass is 9.93. The summed E-state index contributed by atoms with van der Waals surface area (Å²) in [4.78, 5) is 15.8. The fraction of sp³-hybridized carbons (Fsp3) is 0.360. The standard InChI is InChI=1S/C25H28FN7S/c1-15(2)17-5-6-21(33-11-16(12-33)14-34-4)19-10-28-23(9-18(17)19)29-22-7-8-27-25(30-22)20-13-32(3)31-24(20)26/h5-10,13,15-16H,11-12,14H2,1-4H3,(H,27,28,29,30). The normalized spacial score (nSPS) is 14.1. The maximum atomic E-state index is 14.1. The second-order valence-corrected chi connectivity index (χ2v) is 9.98. The van der Waals surface area contributed by atoms with Gasteiger partial charge in [0.15, 0.2) is 5.82 Å². The van der Waals surface area contributed by atoms with Gasteiger partial charge in [0.05, 0.1) is 5.56 Å². The SMILES string of the molecule is CSCC1CN(c2ccc(C(C)C)c3cc(Nc4ccnc(-c5cn(C)nc5F)n4)ncc23)C1. The minimum absolute atomic E-state index is 0.263. The molecule has 1 aliphatic rings. The Kier molecular flexibility index (Phi) is 6.12. The van der Waals surface area contributed by atoms with E-state index in [-0.39, 0.29) is 11.4 Å². The number of hydrogen-bond donors (Lipinski definition) is 1. The van der Waals surface area contributed by atoms with Gasteiger partial charge in [-0.3, -0.25) is 4.68 Å². The van der Waals surface area contributed by atoms with E-state index in [2.05, 4.69) is 63.6 Å². The number of thioether (sulfide) groups is 1. The summed E-state index contributed by atoms with van der Waals surface area (Å²) in [6, 6.07) is 8.30. The maximum Gasteiger partial charge on any atom is 0.243 e. The summed E-state index contributed by atoms with van der Waals surface area (Å²) in [6.45, 7) is 6.59. The first-order valence-corrected chi connectivity index (χ1v) is 12.8. The molecular weight excluding hydrogens is 449 g/mol. The largest absolute Gasteiger partial charge is 0.370 e. The van der Waals surface area contributed by atoms with Crippen molar-refractivity contribution in [1.82, 2.24) is 24.7 Å². The van der Waals surface area contributed by atoms with Gasteiger partial charge >= 0.3 is 0 Å². The highest BCUT2D eigenvalue weighted by Crippen LogP contribution is 2.37. The Morgan fingerprint density at radius 2 is 1.97 bits per heavy atom. The molecule has 0 saturated carbocycles. The fourth-order valence-electron chi connectivity index (χ4n) is 4.50. The second-order valence-electron chi connectivity index (χ2n) is 9.07. The Bertz CT molecular complexity index is 1330. The minimum atomic E-state index is -0.594. The third-order valence-electron chi connectivity index (χ3n) is 6.17. The van der Waals surface area contributed by atoms with Gasteiger partial charge in [-0.05, 0) is 47.1 Å². The molecule has 7 nitrogen and oxygen atoms in total. The average molecular weight is 478 g/mol. The van der Waals surface area contributed by atoms with Crippen LogP contribution in [0.2, 0.25) is 0 Å². The first-order valence-electron chi connectivity index (χ1n) is 11.4. The Hall–Kier alpha value is -3.20. The Balaban J connectivity index is 1.46. The van der Waals surface area contributed by atoms with Gasteiger partial charge in [0.1, 0.15) is 11.6 Å². The smallest absolute Gasteiger partial charge is 0.243 e. The molecular formula is C25H28FN7S. The fourth-order valence-corrected chi connectivity index (χ4v) is 5.18. The molecule has 0 radical (unpaired) electrons. The lowest BCUT2D eigenvalue weighted by Gasteiger charge is -2.41. The number of halogens is 1. The van der Waals surface area contributed by atoms with Crippen molar-refractivity contribution in [3.63, 3.8) is 0 Å². The van der Waals surface area contributed by atoms with Crippen LogP contribution in [0.25, 0.3) is 22.2 Å². The molecule has 0 amide bonds. The van der Waals surface area contributed by atoms with Gasteiger partial charge in [-0.25, -0.2) is 15.0 Å². The molecule has 5 rings (SSSR count). The third-order valence-corrected chi connectivity index (χ3v) is 6.97. The van der Waals surface area contributed by atoms with Crippen LogP contribution in [-0.2, 0) is 7.05 Å². The molecule has 34 heavy (non-hydrogen) atoms. The number of pyridine rings is 1. The summed E-state index contributed by atoms with van der Waals surface area (Å²) in [7, 11) is 1.66. The summed E-state index contributed by atoms with van der Waals surface area (Å²) in [5.74, 6) is 3.25. The van der Waals surface area contributed by atoms with E-state index in [1.807, 2.05) is 18.0 Å². The van der Waals surface area contributed by atoms with Crippen molar-refractivity contribution in [2.45, 2.75) is 19.8 Å². The van der Waals surface area contributed by atoms with Crippen LogP contribution in [0, 0.1) is 11.9 Å². The van der Waals surface area contributed by atoms with Gasteiger partial charge in [0, 0.05) is 55.7 Å². The molecule has 4 aromatic rings. The minimum Gasteiger partial charge on any atom is -0.370 e. The zero-order chi connectivity index (χ0) is 23.8. The second kappa shape index (κ2) is 9.21. The van der Waals surface area contributed by atoms with E-state index in [4.69, 9.17) is 4.98 Å². The van der Waals surface area contributed by atoms with Crippen LogP contribution in [0.4, 0.5) is 21.7 Å². The predicted molar refractivity (Wildman–Crippen MR) is 137 cm³/mol. The molecule has 1 fully saturated rings. The zero-order valence-electron chi connectivity index (χ0n) is 19.8. The first-order chi connectivity index (χ1) is 16.4. The summed E-state index contributed by atoms with van der Waals surface area (Å²) < 4.78 is 15.5. The first kappa shape index (κ1) is 22.6. The Morgan fingerprint density at radius 3 is 2.68 bits per heavy atom. The van der Waals surface area contributed by atoms with Gasteiger partial charge in [0.25, 0.3) is 0 Å². The van der Waals surface area contributed by atoms with Crippen LogP contribution < -0.4 is 10.2 Å². The summed E-state index contributed by atoms with van der Waals surface area (Å²) in [5, 5.41) is 9.37. The molecule has 176 valence electrons. The van der Waals surface area contributed by atoms with Crippen LogP contribution >= 0.6 is 11.8 Å². The van der Waals surface area contributed by atoms with Crippen LogP contribution in [0.3, 0.4) is 0 Å². The maximum absolute atomic E-state index is 14.1. The summed E-state index contributed by atoms with van der Waals surface area (Å²) in [5.41, 5.74) is 2.79. The third kappa shape index (κ3) is 4.32. The molecule has 9 heteroatoms. The van der Waals surface area contributed by atoms with E-state index in [1.165, 1.54) is 32.5 Å². The van der Waals surface area contributed by atoms with Crippen molar-refractivity contribution in [2.24, 2.45) is 13.0 Å². The van der Waals surface area contributed by atoms with Crippen molar-refractivity contribution in [3.8, 4) is 11.4 Å². The van der Waals surface area contributed by atoms with E-state index in [1.54, 1.807) is 25.5 Å². The molecule has 1 aromatic carbocycles. The van der Waals surface area contributed by atoms with Gasteiger partial charge < -0.3 is 10.2 Å². The lowest BCUT2D eigenvalue weighted by molar-refractivity contribution is 0.456. The number of nitrogens with zero attached hydrogens (tertiary/aromatic N) is 6. The highest BCUT2D eigenvalue weighted by atomic mass is 32.2. The summed E-state index contributed by atoms with van der Waals surface area (Å²) in [6.07, 6.45) is 7.29. The summed E-state index contributed by atoms with van der Waals surface area (Å²) >= 11 is 1.91. The molecule has 0 spiro atoms. The van der Waals surface area contributed by atoms with E-state index in [0.29, 0.717) is 17.6 Å². The Labute approximate surface area is 202 Å². The van der Waals surface area contributed by atoms with Crippen molar-refractivity contribution < 1.29 is 4.39 Å². The number of aromatic nitrogens is 5. The van der Waals surface area contributed by atoms with Crippen molar-refractivity contribution >= 4 is 39.9 Å². The number of aryl methyl sites for hydroxylation is 1. The average Bonchev–Trinajstić information content (AvgIpc) is 3.13. The molecule has 4 heterocycles.